The third-order valence-corrected chi connectivity index (χ3v) is 2.47. The molecule has 0 amide bonds. The van der Waals surface area contributed by atoms with Crippen molar-refractivity contribution in [2.75, 3.05) is 13.1 Å². The molecule has 1 rings (SSSR count). The minimum Gasteiger partial charge on any atom is -0.297 e. The molecule has 3 heteroatoms. The van der Waals surface area contributed by atoms with Gasteiger partial charge in [-0.25, -0.2) is 0 Å². The highest BCUT2D eigenvalue weighted by atomic mass is 15.2. The van der Waals surface area contributed by atoms with E-state index in [1.807, 2.05) is 0 Å². The first-order valence-electron chi connectivity index (χ1n) is 4.86. The number of hydrogen-bond donors (Lipinski definition) is 1. The van der Waals surface area contributed by atoms with Gasteiger partial charge in [-0.05, 0) is 27.7 Å². The lowest BCUT2D eigenvalue weighted by Gasteiger charge is -2.43. The summed E-state index contributed by atoms with van der Waals surface area (Å²) in [5.74, 6) is 0. The Morgan fingerprint density at radius 2 is 2.15 bits per heavy atom. The molecule has 1 heterocycles. The van der Waals surface area contributed by atoms with Gasteiger partial charge in [-0.1, -0.05) is 0 Å². The third kappa shape index (κ3) is 2.68. The maximum absolute atomic E-state index is 8.88. The fraction of sp³-hybridized carbons (Fsp3) is 0.900. The van der Waals surface area contributed by atoms with Gasteiger partial charge >= 0.3 is 0 Å². The second kappa shape index (κ2) is 3.65. The minimum absolute atomic E-state index is 0.0221. The van der Waals surface area contributed by atoms with Crippen molar-refractivity contribution in [1.82, 2.24) is 10.2 Å². The quantitative estimate of drug-likeness (QED) is 0.655. The maximum atomic E-state index is 8.88. The summed E-state index contributed by atoms with van der Waals surface area (Å²) in [6.07, 6.45) is 0. The summed E-state index contributed by atoms with van der Waals surface area (Å²) in [5.41, 5.74) is 0.0584. The van der Waals surface area contributed by atoms with Gasteiger partial charge < -0.3 is 0 Å². The first-order chi connectivity index (χ1) is 5.94. The molecule has 1 atom stereocenters. The number of nitrogens with zero attached hydrogens (tertiary/aromatic N) is 2. The van der Waals surface area contributed by atoms with Crippen LogP contribution in [0.3, 0.4) is 0 Å². The summed E-state index contributed by atoms with van der Waals surface area (Å²) < 4.78 is 0. The Balaban J connectivity index is 2.67. The van der Waals surface area contributed by atoms with Gasteiger partial charge in [0.05, 0.1) is 6.07 Å². The van der Waals surface area contributed by atoms with E-state index in [0.29, 0.717) is 6.04 Å². The number of nitriles is 1. The van der Waals surface area contributed by atoms with E-state index < -0.39 is 0 Å². The van der Waals surface area contributed by atoms with Crippen molar-refractivity contribution in [2.24, 2.45) is 0 Å². The molecule has 74 valence electrons. The van der Waals surface area contributed by atoms with Gasteiger partial charge in [0, 0.05) is 24.7 Å². The van der Waals surface area contributed by atoms with E-state index in [-0.39, 0.29) is 11.6 Å². The van der Waals surface area contributed by atoms with Crippen LogP contribution in [-0.4, -0.2) is 35.6 Å². The van der Waals surface area contributed by atoms with Gasteiger partial charge in [-0.3, -0.25) is 10.2 Å². The molecule has 13 heavy (non-hydrogen) atoms. The van der Waals surface area contributed by atoms with Crippen molar-refractivity contribution in [2.45, 2.75) is 45.3 Å². The highest BCUT2D eigenvalue weighted by Crippen LogP contribution is 2.15. The topological polar surface area (TPSA) is 39.1 Å². The molecule has 0 radical (unpaired) electrons. The summed E-state index contributed by atoms with van der Waals surface area (Å²) in [6, 6.07) is 2.79. The molecular weight excluding hydrogens is 162 g/mol. The molecule has 0 spiro atoms. The van der Waals surface area contributed by atoms with Crippen molar-refractivity contribution in [1.29, 1.82) is 5.26 Å². The predicted molar refractivity (Wildman–Crippen MR) is 53.3 cm³/mol. The zero-order valence-corrected chi connectivity index (χ0v) is 8.96. The Kier molecular flexibility index (Phi) is 2.94. The number of piperazine rings is 1. The van der Waals surface area contributed by atoms with Crippen LogP contribution < -0.4 is 5.32 Å². The molecule has 3 nitrogen and oxygen atoms in total. The van der Waals surface area contributed by atoms with E-state index in [4.69, 9.17) is 5.26 Å². The van der Waals surface area contributed by atoms with Gasteiger partial charge in [0.25, 0.3) is 0 Å². The molecule has 1 fully saturated rings. The zero-order chi connectivity index (χ0) is 10.1. The molecule has 1 aliphatic heterocycles. The third-order valence-electron chi connectivity index (χ3n) is 2.47. The van der Waals surface area contributed by atoms with E-state index >= 15 is 0 Å². The van der Waals surface area contributed by atoms with Gasteiger partial charge in [0.2, 0.25) is 0 Å². The van der Waals surface area contributed by atoms with Crippen molar-refractivity contribution >= 4 is 0 Å². The summed E-state index contributed by atoms with van der Waals surface area (Å²) in [7, 11) is 0. The predicted octanol–water partition coefficient (Wildman–Crippen LogP) is 0.971. The molecule has 0 saturated carbocycles. The molecule has 0 aliphatic carbocycles. The van der Waals surface area contributed by atoms with Crippen molar-refractivity contribution < 1.29 is 0 Å². The molecular formula is C10H19N3. The smallest absolute Gasteiger partial charge is 0.109 e. The standard InChI is InChI=1S/C10H19N3/c1-8(2)13-6-9(5-11)12-10(3,4)7-13/h8-9,12H,6-7H2,1-4H3. The maximum Gasteiger partial charge on any atom is 0.109 e. The van der Waals surface area contributed by atoms with Gasteiger partial charge in [-0.2, -0.15) is 5.26 Å². The fourth-order valence-electron chi connectivity index (χ4n) is 1.84. The second-order valence-electron chi connectivity index (χ2n) is 4.73. The monoisotopic (exact) mass is 181 g/mol. The highest BCUT2D eigenvalue weighted by molar-refractivity contribution is 5.02. The summed E-state index contributed by atoms with van der Waals surface area (Å²) in [4.78, 5) is 2.35. The number of nitrogens with one attached hydrogen (secondary N) is 1. The summed E-state index contributed by atoms with van der Waals surface area (Å²) in [5, 5.41) is 12.2. The van der Waals surface area contributed by atoms with E-state index in [1.165, 1.54) is 0 Å². The van der Waals surface area contributed by atoms with Crippen LogP contribution in [0.4, 0.5) is 0 Å². The van der Waals surface area contributed by atoms with Crippen LogP contribution in [0.25, 0.3) is 0 Å². The van der Waals surface area contributed by atoms with Crippen LogP contribution in [0.2, 0.25) is 0 Å². The average molecular weight is 181 g/mol. The van der Waals surface area contributed by atoms with E-state index in [0.717, 1.165) is 13.1 Å². The Labute approximate surface area is 80.7 Å². The van der Waals surface area contributed by atoms with Crippen molar-refractivity contribution in [3.05, 3.63) is 0 Å². The van der Waals surface area contributed by atoms with E-state index in [9.17, 15) is 0 Å². The van der Waals surface area contributed by atoms with Gasteiger partial charge in [-0.15, -0.1) is 0 Å². The molecule has 0 aromatic heterocycles. The summed E-state index contributed by atoms with van der Waals surface area (Å²) >= 11 is 0. The molecule has 0 aromatic rings. The lowest BCUT2D eigenvalue weighted by molar-refractivity contribution is 0.107. The fourth-order valence-corrected chi connectivity index (χ4v) is 1.84. The van der Waals surface area contributed by atoms with Gasteiger partial charge in [0.1, 0.15) is 6.04 Å². The van der Waals surface area contributed by atoms with E-state index in [1.54, 1.807) is 0 Å². The van der Waals surface area contributed by atoms with Crippen LogP contribution in [0, 0.1) is 11.3 Å². The number of hydrogen-bond acceptors (Lipinski definition) is 3. The van der Waals surface area contributed by atoms with Crippen molar-refractivity contribution in [3.63, 3.8) is 0 Å². The first-order valence-corrected chi connectivity index (χ1v) is 4.86. The zero-order valence-electron chi connectivity index (χ0n) is 8.96. The molecule has 1 saturated heterocycles. The summed E-state index contributed by atoms with van der Waals surface area (Å²) in [6.45, 7) is 10.5. The van der Waals surface area contributed by atoms with Gasteiger partial charge in [0.15, 0.2) is 0 Å². The Hall–Kier alpha value is -0.590. The largest absolute Gasteiger partial charge is 0.297 e. The Morgan fingerprint density at radius 1 is 1.54 bits per heavy atom. The second-order valence-corrected chi connectivity index (χ2v) is 4.73. The molecule has 0 aromatic carbocycles. The molecule has 0 bridgehead atoms. The van der Waals surface area contributed by atoms with E-state index in [2.05, 4.69) is 44.0 Å². The SMILES string of the molecule is CC(C)N1CC(C#N)NC(C)(C)C1. The van der Waals surface area contributed by atoms with Crippen LogP contribution in [0.5, 0.6) is 0 Å². The molecule has 1 unspecified atom stereocenters. The molecule has 1 N–H and O–H groups in total. The first kappa shape index (κ1) is 10.5. The minimum atomic E-state index is -0.0221. The number of rotatable bonds is 1. The highest BCUT2D eigenvalue weighted by Gasteiger charge is 2.32. The average Bonchev–Trinajstić information content (AvgIpc) is 2.01. The van der Waals surface area contributed by atoms with Crippen LogP contribution >= 0.6 is 0 Å². The molecule has 1 aliphatic rings. The lowest BCUT2D eigenvalue weighted by atomic mass is 9.98. The Bertz CT molecular complexity index is 215. The lowest BCUT2D eigenvalue weighted by Crippen LogP contribution is -2.62. The normalized spacial score (nSPS) is 28.8. The van der Waals surface area contributed by atoms with Crippen LogP contribution in [0.15, 0.2) is 0 Å². The van der Waals surface area contributed by atoms with Crippen molar-refractivity contribution in [3.8, 4) is 6.07 Å². The van der Waals surface area contributed by atoms with Crippen LogP contribution in [-0.2, 0) is 0 Å². The van der Waals surface area contributed by atoms with Crippen LogP contribution in [0.1, 0.15) is 27.7 Å². The Morgan fingerprint density at radius 3 is 2.62 bits per heavy atom.